The number of piperidine rings is 1. The van der Waals surface area contributed by atoms with Crippen molar-refractivity contribution < 1.29 is 14.7 Å². The molecular weight excluding hydrogens is 266 g/mol. The molecule has 1 saturated heterocycles. The van der Waals surface area contributed by atoms with E-state index in [0.29, 0.717) is 11.7 Å². The highest BCUT2D eigenvalue weighted by Gasteiger charge is 2.28. The van der Waals surface area contributed by atoms with Crippen molar-refractivity contribution in [3.8, 4) is 0 Å². The van der Waals surface area contributed by atoms with Gasteiger partial charge in [-0.25, -0.2) is 9.78 Å². The molecule has 0 aliphatic carbocycles. The second-order valence-electron chi connectivity index (χ2n) is 4.67. The molecule has 0 aromatic carbocycles. The third kappa shape index (κ3) is 3.66. The SMILES string of the molecule is Cc1csc(NC(=O)N2CCCCC2CC(=O)O)n1. The number of thiazole rings is 1. The first-order chi connectivity index (χ1) is 9.06. The van der Waals surface area contributed by atoms with Gasteiger partial charge in [-0.05, 0) is 26.2 Å². The minimum atomic E-state index is -0.866. The second-order valence-corrected chi connectivity index (χ2v) is 5.52. The van der Waals surface area contributed by atoms with Gasteiger partial charge in [0.05, 0.1) is 12.1 Å². The summed E-state index contributed by atoms with van der Waals surface area (Å²) in [4.78, 5) is 28.8. The first kappa shape index (κ1) is 13.8. The number of urea groups is 1. The predicted octanol–water partition coefficient (Wildman–Crippen LogP) is 2.31. The minimum Gasteiger partial charge on any atom is -0.481 e. The number of carbonyl (C=O) groups is 2. The predicted molar refractivity (Wildman–Crippen MR) is 72.5 cm³/mol. The maximum Gasteiger partial charge on any atom is 0.323 e. The Morgan fingerprint density at radius 2 is 2.37 bits per heavy atom. The lowest BCUT2D eigenvalue weighted by Crippen LogP contribution is -2.46. The lowest BCUT2D eigenvalue weighted by Gasteiger charge is -2.34. The van der Waals surface area contributed by atoms with Gasteiger partial charge in [0.25, 0.3) is 0 Å². The molecule has 104 valence electrons. The molecule has 1 atom stereocenters. The lowest BCUT2D eigenvalue weighted by atomic mass is 10.00. The fourth-order valence-corrected chi connectivity index (χ4v) is 2.93. The summed E-state index contributed by atoms with van der Waals surface area (Å²) < 4.78 is 0. The van der Waals surface area contributed by atoms with E-state index < -0.39 is 5.97 Å². The zero-order valence-corrected chi connectivity index (χ0v) is 11.6. The maximum absolute atomic E-state index is 12.2. The van der Waals surface area contributed by atoms with Crippen molar-refractivity contribution in [3.05, 3.63) is 11.1 Å². The number of likely N-dealkylation sites (tertiary alicyclic amines) is 1. The molecule has 7 heteroatoms. The Morgan fingerprint density at radius 3 is 3.00 bits per heavy atom. The van der Waals surface area contributed by atoms with E-state index in [2.05, 4.69) is 10.3 Å². The van der Waals surface area contributed by atoms with E-state index in [4.69, 9.17) is 5.11 Å². The van der Waals surface area contributed by atoms with Gasteiger partial charge in [-0.3, -0.25) is 10.1 Å². The monoisotopic (exact) mass is 283 g/mol. The lowest BCUT2D eigenvalue weighted by molar-refractivity contribution is -0.138. The van der Waals surface area contributed by atoms with Crippen molar-refractivity contribution in [2.75, 3.05) is 11.9 Å². The first-order valence-corrected chi connectivity index (χ1v) is 7.16. The highest BCUT2D eigenvalue weighted by molar-refractivity contribution is 7.13. The first-order valence-electron chi connectivity index (χ1n) is 6.28. The molecule has 2 rings (SSSR count). The van der Waals surface area contributed by atoms with Crippen molar-refractivity contribution >= 4 is 28.5 Å². The van der Waals surface area contributed by atoms with Crippen LogP contribution in [0.1, 0.15) is 31.4 Å². The van der Waals surface area contributed by atoms with E-state index >= 15 is 0 Å². The Bertz CT molecular complexity index is 475. The smallest absolute Gasteiger partial charge is 0.323 e. The summed E-state index contributed by atoms with van der Waals surface area (Å²) in [5.74, 6) is -0.866. The van der Waals surface area contributed by atoms with E-state index in [1.165, 1.54) is 11.3 Å². The van der Waals surface area contributed by atoms with Gasteiger partial charge in [-0.1, -0.05) is 0 Å². The number of anilines is 1. The highest BCUT2D eigenvalue weighted by Crippen LogP contribution is 2.22. The van der Waals surface area contributed by atoms with Gasteiger partial charge in [0.1, 0.15) is 0 Å². The summed E-state index contributed by atoms with van der Waals surface area (Å²) in [7, 11) is 0. The van der Waals surface area contributed by atoms with Crippen molar-refractivity contribution in [1.29, 1.82) is 0 Å². The molecule has 0 bridgehead atoms. The Morgan fingerprint density at radius 1 is 1.58 bits per heavy atom. The zero-order chi connectivity index (χ0) is 13.8. The molecule has 0 spiro atoms. The van der Waals surface area contributed by atoms with Crippen LogP contribution in [-0.2, 0) is 4.79 Å². The van der Waals surface area contributed by atoms with Gasteiger partial charge < -0.3 is 10.0 Å². The molecule has 0 saturated carbocycles. The topological polar surface area (TPSA) is 82.5 Å². The van der Waals surface area contributed by atoms with Crippen molar-refractivity contribution in [2.24, 2.45) is 0 Å². The number of nitrogens with one attached hydrogen (secondary N) is 1. The minimum absolute atomic E-state index is 0.00428. The van der Waals surface area contributed by atoms with Crippen LogP contribution < -0.4 is 5.32 Å². The second kappa shape index (κ2) is 6.01. The average Bonchev–Trinajstić information content (AvgIpc) is 2.74. The molecule has 6 nitrogen and oxygen atoms in total. The third-order valence-corrected chi connectivity index (χ3v) is 4.01. The number of hydrogen-bond acceptors (Lipinski definition) is 4. The molecular formula is C12H17N3O3S. The van der Waals surface area contributed by atoms with Crippen LogP contribution in [0.2, 0.25) is 0 Å². The molecule has 1 aromatic rings. The van der Waals surface area contributed by atoms with Crippen LogP contribution in [0.15, 0.2) is 5.38 Å². The fraction of sp³-hybridized carbons (Fsp3) is 0.583. The molecule has 2 N–H and O–H groups in total. The van der Waals surface area contributed by atoms with Crippen LogP contribution in [0, 0.1) is 6.92 Å². The number of carboxylic acids is 1. The standard InChI is InChI=1S/C12H17N3O3S/c1-8-7-19-11(13-8)14-12(18)15-5-3-2-4-9(15)6-10(16)17/h7,9H,2-6H2,1H3,(H,16,17)(H,13,14,18). The van der Waals surface area contributed by atoms with Gasteiger partial charge >= 0.3 is 12.0 Å². The number of aliphatic carboxylic acids is 1. The normalized spacial score (nSPS) is 19.2. The van der Waals surface area contributed by atoms with Crippen LogP contribution in [0.4, 0.5) is 9.93 Å². The van der Waals surface area contributed by atoms with Crippen LogP contribution in [0.3, 0.4) is 0 Å². The largest absolute Gasteiger partial charge is 0.481 e. The van der Waals surface area contributed by atoms with E-state index in [0.717, 1.165) is 25.0 Å². The molecule has 0 radical (unpaired) electrons. The van der Waals surface area contributed by atoms with E-state index in [1.807, 2.05) is 12.3 Å². The number of aromatic nitrogens is 1. The Kier molecular flexibility index (Phi) is 4.36. The van der Waals surface area contributed by atoms with Gasteiger partial charge in [0.15, 0.2) is 5.13 Å². The summed E-state index contributed by atoms with van der Waals surface area (Å²) >= 11 is 1.37. The number of rotatable bonds is 3. The van der Waals surface area contributed by atoms with Gasteiger partial charge in [-0.15, -0.1) is 11.3 Å². The maximum atomic E-state index is 12.2. The number of amides is 2. The summed E-state index contributed by atoms with van der Waals surface area (Å²) in [6.45, 7) is 2.47. The fourth-order valence-electron chi connectivity index (χ4n) is 2.26. The van der Waals surface area contributed by atoms with Gasteiger partial charge in [0.2, 0.25) is 0 Å². The molecule has 1 aliphatic heterocycles. The Hall–Kier alpha value is -1.63. The van der Waals surface area contributed by atoms with Crippen LogP contribution >= 0.6 is 11.3 Å². The summed E-state index contributed by atoms with van der Waals surface area (Å²) in [5, 5.41) is 14.0. The van der Waals surface area contributed by atoms with E-state index in [9.17, 15) is 9.59 Å². The number of nitrogens with zero attached hydrogens (tertiary/aromatic N) is 2. The Labute approximate surface area is 115 Å². The highest BCUT2D eigenvalue weighted by atomic mass is 32.1. The third-order valence-electron chi connectivity index (χ3n) is 3.13. The summed E-state index contributed by atoms with van der Waals surface area (Å²) in [6, 6.07) is -0.465. The van der Waals surface area contributed by atoms with Crippen LogP contribution in [0.5, 0.6) is 0 Å². The summed E-state index contributed by atoms with van der Waals surface area (Å²) in [6.07, 6.45) is 2.64. The molecule has 1 aromatic heterocycles. The van der Waals surface area contributed by atoms with Crippen molar-refractivity contribution in [2.45, 2.75) is 38.6 Å². The van der Waals surface area contributed by atoms with Crippen LogP contribution in [-0.4, -0.2) is 39.6 Å². The van der Waals surface area contributed by atoms with Gasteiger partial charge in [-0.2, -0.15) is 0 Å². The number of carbonyl (C=O) groups excluding carboxylic acids is 1. The average molecular weight is 283 g/mol. The molecule has 1 aliphatic rings. The van der Waals surface area contributed by atoms with Crippen LogP contribution in [0.25, 0.3) is 0 Å². The van der Waals surface area contributed by atoms with Gasteiger partial charge in [0, 0.05) is 18.0 Å². The van der Waals surface area contributed by atoms with Crippen molar-refractivity contribution in [1.82, 2.24) is 9.88 Å². The number of hydrogen-bond donors (Lipinski definition) is 2. The van der Waals surface area contributed by atoms with E-state index in [-0.39, 0.29) is 18.5 Å². The molecule has 1 fully saturated rings. The quantitative estimate of drug-likeness (QED) is 0.891. The van der Waals surface area contributed by atoms with Crippen molar-refractivity contribution in [3.63, 3.8) is 0 Å². The molecule has 2 heterocycles. The van der Waals surface area contributed by atoms with E-state index in [1.54, 1.807) is 4.90 Å². The molecule has 1 unspecified atom stereocenters. The number of aryl methyl sites for hydroxylation is 1. The molecule has 19 heavy (non-hydrogen) atoms. The Balaban J connectivity index is 2.00. The number of carboxylic acid groups (broad SMARTS) is 1. The molecule has 2 amide bonds. The zero-order valence-electron chi connectivity index (χ0n) is 10.8. The summed E-state index contributed by atoms with van der Waals surface area (Å²) in [5.41, 5.74) is 0.862.